The van der Waals surface area contributed by atoms with E-state index in [1.165, 1.54) is 0 Å². The van der Waals surface area contributed by atoms with Crippen LogP contribution in [0.3, 0.4) is 0 Å². The number of benzene rings is 1. The second-order valence-corrected chi connectivity index (χ2v) is 5.11. The SMILES string of the molecule is NC(=O)[C@H](Nc1ccn(Cc2ccccn2)n1)c1ccccc1. The molecule has 6 nitrogen and oxygen atoms in total. The van der Waals surface area contributed by atoms with Gasteiger partial charge in [-0.2, -0.15) is 5.10 Å². The van der Waals surface area contributed by atoms with Gasteiger partial charge >= 0.3 is 0 Å². The Morgan fingerprint density at radius 3 is 2.61 bits per heavy atom. The highest BCUT2D eigenvalue weighted by Gasteiger charge is 2.18. The quantitative estimate of drug-likeness (QED) is 0.729. The number of nitrogens with one attached hydrogen (secondary N) is 1. The lowest BCUT2D eigenvalue weighted by atomic mass is 10.1. The number of hydrogen-bond acceptors (Lipinski definition) is 4. The summed E-state index contributed by atoms with van der Waals surface area (Å²) in [6.45, 7) is 0.565. The minimum absolute atomic E-state index is 0.449. The maximum atomic E-state index is 11.7. The molecule has 1 amide bonds. The van der Waals surface area contributed by atoms with E-state index in [-0.39, 0.29) is 0 Å². The molecule has 1 atom stereocenters. The third-order valence-corrected chi connectivity index (χ3v) is 3.40. The van der Waals surface area contributed by atoms with Gasteiger partial charge in [0, 0.05) is 18.5 Å². The number of hydrogen-bond donors (Lipinski definition) is 2. The smallest absolute Gasteiger partial charge is 0.244 e. The van der Waals surface area contributed by atoms with E-state index in [2.05, 4.69) is 15.4 Å². The molecule has 0 aliphatic carbocycles. The topological polar surface area (TPSA) is 85.8 Å². The Balaban J connectivity index is 1.73. The fourth-order valence-corrected chi connectivity index (χ4v) is 2.30. The lowest BCUT2D eigenvalue weighted by Crippen LogP contribution is -2.27. The van der Waals surface area contributed by atoms with Gasteiger partial charge in [0.25, 0.3) is 0 Å². The van der Waals surface area contributed by atoms with Crippen molar-refractivity contribution in [2.45, 2.75) is 12.6 Å². The van der Waals surface area contributed by atoms with E-state index in [9.17, 15) is 4.79 Å². The summed E-state index contributed by atoms with van der Waals surface area (Å²) >= 11 is 0. The van der Waals surface area contributed by atoms with Crippen LogP contribution in [0.15, 0.2) is 67.0 Å². The lowest BCUT2D eigenvalue weighted by Gasteiger charge is -2.15. The van der Waals surface area contributed by atoms with Crippen molar-refractivity contribution >= 4 is 11.7 Å². The maximum Gasteiger partial charge on any atom is 0.244 e. The molecule has 1 aromatic carbocycles. The maximum absolute atomic E-state index is 11.7. The van der Waals surface area contributed by atoms with Crippen LogP contribution >= 0.6 is 0 Å². The first-order chi connectivity index (χ1) is 11.2. The highest BCUT2D eigenvalue weighted by molar-refractivity contribution is 5.84. The van der Waals surface area contributed by atoms with Gasteiger partial charge in [0.15, 0.2) is 0 Å². The third kappa shape index (κ3) is 3.74. The molecule has 0 bridgehead atoms. The van der Waals surface area contributed by atoms with Crippen LogP contribution in [0.2, 0.25) is 0 Å². The van der Waals surface area contributed by atoms with Gasteiger partial charge in [-0.1, -0.05) is 36.4 Å². The first kappa shape index (κ1) is 14.8. The van der Waals surface area contributed by atoms with Gasteiger partial charge < -0.3 is 11.1 Å². The van der Waals surface area contributed by atoms with Crippen LogP contribution in [0.25, 0.3) is 0 Å². The van der Waals surface area contributed by atoms with Crippen molar-refractivity contribution in [2.24, 2.45) is 5.73 Å². The summed E-state index contributed by atoms with van der Waals surface area (Å²) in [5.41, 5.74) is 7.22. The molecule has 2 aromatic heterocycles. The monoisotopic (exact) mass is 307 g/mol. The molecule has 23 heavy (non-hydrogen) atoms. The molecule has 0 unspecified atom stereocenters. The number of carbonyl (C=O) groups is 1. The Hall–Kier alpha value is -3.15. The summed E-state index contributed by atoms with van der Waals surface area (Å²) < 4.78 is 1.76. The number of nitrogens with zero attached hydrogens (tertiary/aromatic N) is 3. The van der Waals surface area contributed by atoms with Gasteiger partial charge in [0.2, 0.25) is 5.91 Å². The first-order valence-electron chi connectivity index (χ1n) is 7.26. The van der Waals surface area contributed by atoms with E-state index < -0.39 is 11.9 Å². The number of primary amides is 1. The molecule has 0 saturated carbocycles. The van der Waals surface area contributed by atoms with Crippen LogP contribution in [-0.2, 0) is 11.3 Å². The number of carbonyl (C=O) groups excluding carboxylic acids is 1. The minimum Gasteiger partial charge on any atom is -0.368 e. The molecule has 3 aromatic rings. The summed E-state index contributed by atoms with van der Waals surface area (Å²) in [5.74, 6) is 0.143. The summed E-state index contributed by atoms with van der Waals surface area (Å²) in [6, 6.07) is 16.3. The highest BCUT2D eigenvalue weighted by Crippen LogP contribution is 2.18. The van der Waals surface area contributed by atoms with Crippen molar-refractivity contribution in [3.63, 3.8) is 0 Å². The fourth-order valence-electron chi connectivity index (χ4n) is 2.30. The van der Waals surface area contributed by atoms with Crippen LogP contribution in [-0.4, -0.2) is 20.7 Å². The van der Waals surface area contributed by atoms with Crippen molar-refractivity contribution in [3.05, 3.63) is 78.2 Å². The Kier molecular flexibility index (Phi) is 4.33. The van der Waals surface area contributed by atoms with Gasteiger partial charge in [-0.3, -0.25) is 14.5 Å². The zero-order valence-corrected chi connectivity index (χ0v) is 12.5. The van der Waals surface area contributed by atoms with Crippen LogP contribution in [0, 0.1) is 0 Å². The molecule has 0 aliphatic heterocycles. The van der Waals surface area contributed by atoms with Gasteiger partial charge in [0.05, 0.1) is 12.2 Å². The molecular formula is C17H17N5O. The van der Waals surface area contributed by atoms with Crippen LogP contribution in [0.4, 0.5) is 5.82 Å². The molecule has 0 radical (unpaired) electrons. The van der Waals surface area contributed by atoms with Crippen LogP contribution in [0.5, 0.6) is 0 Å². The average Bonchev–Trinajstić information content (AvgIpc) is 3.01. The summed E-state index contributed by atoms with van der Waals surface area (Å²) in [6.07, 6.45) is 3.58. The van der Waals surface area contributed by atoms with E-state index in [0.29, 0.717) is 12.4 Å². The minimum atomic E-state index is -0.616. The Morgan fingerprint density at radius 2 is 1.91 bits per heavy atom. The molecule has 0 saturated heterocycles. The van der Waals surface area contributed by atoms with Crippen molar-refractivity contribution < 1.29 is 4.79 Å². The van der Waals surface area contributed by atoms with E-state index in [0.717, 1.165) is 11.3 Å². The second-order valence-electron chi connectivity index (χ2n) is 5.11. The number of aromatic nitrogens is 3. The summed E-state index contributed by atoms with van der Waals surface area (Å²) in [7, 11) is 0. The standard InChI is InChI=1S/C17H17N5O/c18-17(23)16(13-6-2-1-3-7-13)20-15-9-11-22(21-15)12-14-8-4-5-10-19-14/h1-11,16H,12H2,(H2,18,23)(H,20,21)/t16-/m1/s1. The van der Waals surface area contributed by atoms with E-state index >= 15 is 0 Å². The van der Waals surface area contributed by atoms with Crippen molar-refractivity contribution in [1.29, 1.82) is 0 Å². The first-order valence-corrected chi connectivity index (χ1v) is 7.26. The zero-order chi connectivity index (χ0) is 16.1. The third-order valence-electron chi connectivity index (χ3n) is 3.40. The van der Waals surface area contributed by atoms with Crippen molar-refractivity contribution in [2.75, 3.05) is 5.32 Å². The molecule has 0 spiro atoms. The number of anilines is 1. The second kappa shape index (κ2) is 6.74. The largest absolute Gasteiger partial charge is 0.368 e. The molecular weight excluding hydrogens is 290 g/mol. The van der Waals surface area contributed by atoms with E-state index in [4.69, 9.17) is 5.73 Å². The number of pyridine rings is 1. The van der Waals surface area contributed by atoms with Crippen LogP contribution in [0.1, 0.15) is 17.3 Å². The van der Waals surface area contributed by atoms with Gasteiger partial charge in [0.1, 0.15) is 11.9 Å². The predicted molar refractivity (Wildman–Crippen MR) is 87.6 cm³/mol. The lowest BCUT2D eigenvalue weighted by molar-refractivity contribution is -0.118. The van der Waals surface area contributed by atoms with Crippen molar-refractivity contribution in [1.82, 2.24) is 14.8 Å². The summed E-state index contributed by atoms with van der Waals surface area (Å²) in [5, 5.41) is 7.49. The summed E-state index contributed by atoms with van der Waals surface area (Å²) in [4.78, 5) is 16.0. The van der Waals surface area contributed by atoms with Gasteiger partial charge in [-0.15, -0.1) is 0 Å². The number of nitrogens with two attached hydrogens (primary N) is 1. The molecule has 3 rings (SSSR count). The van der Waals surface area contributed by atoms with Crippen LogP contribution < -0.4 is 11.1 Å². The Morgan fingerprint density at radius 1 is 1.13 bits per heavy atom. The van der Waals surface area contributed by atoms with E-state index in [1.54, 1.807) is 10.9 Å². The Bertz CT molecular complexity index is 770. The molecule has 6 heteroatoms. The number of amides is 1. The fraction of sp³-hybridized carbons (Fsp3) is 0.118. The average molecular weight is 307 g/mol. The normalized spacial score (nSPS) is 11.8. The molecule has 0 fully saturated rings. The Labute approximate surface area is 134 Å². The predicted octanol–water partition coefficient (Wildman–Crippen LogP) is 1.96. The highest BCUT2D eigenvalue weighted by atomic mass is 16.1. The zero-order valence-electron chi connectivity index (χ0n) is 12.5. The molecule has 3 N–H and O–H groups in total. The van der Waals surface area contributed by atoms with Crippen molar-refractivity contribution in [3.8, 4) is 0 Å². The molecule has 0 aliphatic rings. The molecule has 116 valence electrons. The van der Waals surface area contributed by atoms with E-state index in [1.807, 2.05) is 60.8 Å². The molecule has 2 heterocycles. The van der Waals surface area contributed by atoms with Gasteiger partial charge in [-0.25, -0.2) is 0 Å². The van der Waals surface area contributed by atoms with Gasteiger partial charge in [-0.05, 0) is 17.7 Å². The number of rotatable bonds is 6.